The summed E-state index contributed by atoms with van der Waals surface area (Å²) in [5.74, 6) is -2.87. The zero-order valence-corrected chi connectivity index (χ0v) is 11.4. The number of rotatable bonds is 7. The van der Waals surface area contributed by atoms with E-state index >= 15 is 0 Å². The summed E-state index contributed by atoms with van der Waals surface area (Å²) in [5, 5.41) is 31.1. The summed E-state index contributed by atoms with van der Waals surface area (Å²) in [6, 6.07) is 7.24. The number of nitriles is 1. The van der Waals surface area contributed by atoms with E-state index in [2.05, 4.69) is 10.6 Å². The molecule has 1 rings (SSSR count). The molecule has 0 bridgehead atoms. The molecular weight excluding hydrogens is 290 g/mol. The highest BCUT2D eigenvalue weighted by molar-refractivity contribution is 6.06. The van der Waals surface area contributed by atoms with E-state index in [1.54, 1.807) is 6.07 Å². The van der Waals surface area contributed by atoms with Crippen LogP contribution in [0.4, 0.5) is 5.69 Å². The number of hydrogen-bond donors (Lipinski definition) is 4. The van der Waals surface area contributed by atoms with Crippen LogP contribution < -0.4 is 10.6 Å². The van der Waals surface area contributed by atoms with Crippen LogP contribution in [0.25, 0.3) is 0 Å². The Hall–Kier alpha value is -3.34. The molecular formula is C14H13N3O5. The van der Waals surface area contributed by atoms with Crippen LogP contribution in [0.5, 0.6) is 0 Å². The van der Waals surface area contributed by atoms with Gasteiger partial charge in [0.25, 0.3) is 5.91 Å². The molecule has 0 saturated carbocycles. The molecule has 1 aromatic rings. The topological polar surface area (TPSA) is 140 Å². The van der Waals surface area contributed by atoms with Crippen molar-refractivity contribution in [2.24, 2.45) is 0 Å². The quantitative estimate of drug-likeness (QED) is 0.332. The summed E-state index contributed by atoms with van der Waals surface area (Å²) in [4.78, 5) is 33.0. The number of carboxylic acid groups (broad SMARTS) is 2. The predicted octanol–water partition coefficient (Wildman–Crippen LogP) is 0.795. The van der Waals surface area contributed by atoms with Gasteiger partial charge in [0.15, 0.2) is 0 Å². The van der Waals surface area contributed by atoms with Gasteiger partial charge >= 0.3 is 11.9 Å². The Bertz CT molecular complexity index is 661. The Morgan fingerprint density at radius 2 is 2.00 bits per heavy atom. The summed E-state index contributed by atoms with van der Waals surface area (Å²) >= 11 is 0. The van der Waals surface area contributed by atoms with Crippen molar-refractivity contribution in [3.05, 3.63) is 41.6 Å². The molecule has 4 N–H and O–H groups in total. The lowest BCUT2D eigenvalue weighted by molar-refractivity contribution is -0.136. The van der Waals surface area contributed by atoms with Crippen LogP contribution in [0, 0.1) is 11.3 Å². The standard InChI is InChI=1S/C14H13N3O5/c15-7-10(8-16-5-4-12(18)19)13(20)17-11-3-1-2-9(6-11)14(21)22/h1-3,6,8,16H,4-5H2,(H,17,20)(H,18,19)(H,21,22)/b10-8-. The number of anilines is 1. The molecule has 0 aliphatic rings. The van der Waals surface area contributed by atoms with Crippen molar-refractivity contribution >= 4 is 23.5 Å². The second-order valence-electron chi connectivity index (χ2n) is 4.11. The number of benzene rings is 1. The van der Waals surface area contributed by atoms with Crippen molar-refractivity contribution in [2.75, 3.05) is 11.9 Å². The zero-order chi connectivity index (χ0) is 16.5. The van der Waals surface area contributed by atoms with Gasteiger partial charge in [0.1, 0.15) is 11.6 Å². The van der Waals surface area contributed by atoms with E-state index in [4.69, 9.17) is 15.5 Å². The number of carboxylic acids is 2. The molecule has 1 amide bonds. The van der Waals surface area contributed by atoms with E-state index in [9.17, 15) is 14.4 Å². The first-order chi connectivity index (χ1) is 10.4. The van der Waals surface area contributed by atoms with Gasteiger partial charge in [-0.15, -0.1) is 0 Å². The lowest BCUT2D eigenvalue weighted by Crippen LogP contribution is -2.18. The fraction of sp³-hybridized carbons (Fsp3) is 0.143. The van der Waals surface area contributed by atoms with Crippen molar-refractivity contribution in [2.45, 2.75) is 6.42 Å². The lowest BCUT2D eigenvalue weighted by Gasteiger charge is -2.05. The third-order valence-corrected chi connectivity index (χ3v) is 2.46. The number of aliphatic carboxylic acids is 1. The summed E-state index contributed by atoms with van der Waals surface area (Å²) < 4.78 is 0. The summed E-state index contributed by atoms with van der Waals surface area (Å²) in [6.07, 6.45) is 0.955. The first-order valence-electron chi connectivity index (χ1n) is 6.14. The first kappa shape index (κ1) is 16.7. The third kappa shape index (κ3) is 5.34. The molecule has 114 valence electrons. The van der Waals surface area contributed by atoms with Gasteiger partial charge in [0, 0.05) is 18.4 Å². The van der Waals surface area contributed by atoms with Crippen LogP contribution in [-0.4, -0.2) is 34.6 Å². The van der Waals surface area contributed by atoms with Gasteiger partial charge in [-0.05, 0) is 18.2 Å². The highest BCUT2D eigenvalue weighted by Gasteiger charge is 2.10. The highest BCUT2D eigenvalue weighted by Crippen LogP contribution is 2.11. The van der Waals surface area contributed by atoms with E-state index in [-0.39, 0.29) is 29.8 Å². The number of carbonyl (C=O) groups excluding carboxylic acids is 1. The Labute approximate surface area is 125 Å². The molecule has 0 aliphatic carbocycles. The average molecular weight is 303 g/mol. The van der Waals surface area contributed by atoms with Crippen molar-refractivity contribution in [3.8, 4) is 6.07 Å². The highest BCUT2D eigenvalue weighted by atomic mass is 16.4. The van der Waals surface area contributed by atoms with Crippen molar-refractivity contribution < 1.29 is 24.6 Å². The maximum atomic E-state index is 11.8. The van der Waals surface area contributed by atoms with Gasteiger partial charge in [-0.3, -0.25) is 9.59 Å². The zero-order valence-electron chi connectivity index (χ0n) is 11.4. The van der Waals surface area contributed by atoms with Crippen molar-refractivity contribution in [1.29, 1.82) is 5.26 Å². The molecule has 0 radical (unpaired) electrons. The number of hydrogen-bond acceptors (Lipinski definition) is 5. The molecule has 0 heterocycles. The van der Waals surface area contributed by atoms with Crippen LogP contribution in [0.1, 0.15) is 16.8 Å². The van der Waals surface area contributed by atoms with Gasteiger partial charge in [0.05, 0.1) is 12.0 Å². The second kappa shape index (κ2) is 8.06. The minimum atomic E-state index is -1.14. The van der Waals surface area contributed by atoms with E-state index in [0.29, 0.717) is 0 Å². The number of aromatic carboxylic acids is 1. The van der Waals surface area contributed by atoms with E-state index in [1.165, 1.54) is 24.3 Å². The van der Waals surface area contributed by atoms with Gasteiger partial charge in [-0.1, -0.05) is 6.07 Å². The SMILES string of the molecule is N#C/C(=C/NCCC(=O)O)C(=O)Nc1cccc(C(=O)O)c1. The molecule has 0 aromatic heterocycles. The number of carbonyl (C=O) groups is 3. The van der Waals surface area contributed by atoms with E-state index in [0.717, 1.165) is 6.20 Å². The Kier molecular flexibility index (Phi) is 6.12. The van der Waals surface area contributed by atoms with Crippen molar-refractivity contribution in [1.82, 2.24) is 5.32 Å². The maximum absolute atomic E-state index is 11.8. The molecule has 0 atom stereocenters. The summed E-state index contributed by atoms with van der Waals surface area (Å²) in [6.45, 7) is 0.0717. The van der Waals surface area contributed by atoms with Gasteiger partial charge in [0.2, 0.25) is 0 Å². The molecule has 8 nitrogen and oxygen atoms in total. The largest absolute Gasteiger partial charge is 0.481 e. The first-order valence-corrected chi connectivity index (χ1v) is 6.14. The Morgan fingerprint density at radius 1 is 1.27 bits per heavy atom. The molecule has 8 heteroatoms. The normalized spacial score (nSPS) is 10.4. The molecule has 0 spiro atoms. The second-order valence-corrected chi connectivity index (χ2v) is 4.11. The summed E-state index contributed by atoms with van der Waals surface area (Å²) in [7, 11) is 0. The molecule has 0 fully saturated rings. The van der Waals surface area contributed by atoms with E-state index < -0.39 is 17.8 Å². The maximum Gasteiger partial charge on any atom is 0.335 e. The summed E-state index contributed by atoms with van der Waals surface area (Å²) in [5.41, 5.74) is -0.0254. The van der Waals surface area contributed by atoms with Crippen LogP contribution >= 0.6 is 0 Å². The fourth-order valence-electron chi connectivity index (χ4n) is 1.43. The third-order valence-electron chi connectivity index (χ3n) is 2.46. The van der Waals surface area contributed by atoms with Gasteiger partial charge < -0.3 is 20.8 Å². The minimum absolute atomic E-state index is 0.000120. The Morgan fingerprint density at radius 3 is 2.59 bits per heavy atom. The molecule has 0 saturated heterocycles. The monoisotopic (exact) mass is 303 g/mol. The molecule has 0 aliphatic heterocycles. The van der Waals surface area contributed by atoms with Gasteiger partial charge in [-0.25, -0.2) is 4.79 Å². The molecule has 0 unspecified atom stereocenters. The average Bonchev–Trinajstić information content (AvgIpc) is 2.47. The van der Waals surface area contributed by atoms with Crippen LogP contribution in [-0.2, 0) is 9.59 Å². The molecule has 1 aromatic carbocycles. The number of nitrogens with zero attached hydrogens (tertiary/aromatic N) is 1. The van der Waals surface area contributed by atoms with E-state index in [1.807, 2.05) is 0 Å². The van der Waals surface area contributed by atoms with Crippen LogP contribution in [0.3, 0.4) is 0 Å². The fourth-order valence-corrected chi connectivity index (χ4v) is 1.43. The number of nitrogens with one attached hydrogen (secondary N) is 2. The molecule has 22 heavy (non-hydrogen) atoms. The smallest absolute Gasteiger partial charge is 0.335 e. The Balaban J connectivity index is 2.71. The number of amides is 1. The van der Waals surface area contributed by atoms with Gasteiger partial charge in [-0.2, -0.15) is 5.26 Å². The van der Waals surface area contributed by atoms with Crippen molar-refractivity contribution in [3.63, 3.8) is 0 Å². The van der Waals surface area contributed by atoms with Crippen LogP contribution in [0.15, 0.2) is 36.0 Å². The van der Waals surface area contributed by atoms with Crippen LogP contribution in [0.2, 0.25) is 0 Å². The minimum Gasteiger partial charge on any atom is -0.481 e. The predicted molar refractivity (Wildman–Crippen MR) is 76.0 cm³/mol. The lowest BCUT2D eigenvalue weighted by atomic mass is 10.2.